The molecule has 1 aromatic rings. The van der Waals surface area contributed by atoms with E-state index in [9.17, 15) is 4.79 Å². The molecule has 0 radical (unpaired) electrons. The third-order valence-corrected chi connectivity index (χ3v) is 4.04. The van der Waals surface area contributed by atoms with Crippen LogP contribution >= 0.6 is 0 Å². The number of ether oxygens (including phenoxy) is 1. The second-order valence-electron chi connectivity index (χ2n) is 5.97. The second-order valence-corrected chi connectivity index (χ2v) is 5.97. The molecule has 0 aromatic heterocycles. The molecular weight excluding hydrogens is 266 g/mol. The van der Waals surface area contributed by atoms with Gasteiger partial charge >= 0.3 is 5.97 Å². The highest BCUT2D eigenvalue weighted by molar-refractivity contribution is 5.67. The highest BCUT2D eigenvalue weighted by atomic mass is 16.5. The molecule has 0 amide bonds. The van der Waals surface area contributed by atoms with Crippen LogP contribution in [0.25, 0.3) is 0 Å². The van der Waals surface area contributed by atoms with Crippen molar-refractivity contribution in [1.29, 1.82) is 0 Å². The molecule has 0 spiro atoms. The number of aryl methyl sites for hydroxylation is 2. The molecule has 1 saturated heterocycles. The Bertz CT molecular complexity index is 481. The van der Waals surface area contributed by atoms with Gasteiger partial charge in [-0.3, -0.25) is 4.79 Å². The lowest BCUT2D eigenvalue weighted by molar-refractivity contribution is -0.137. The quantitative estimate of drug-likeness (QED) is 0.810. The molecule has 21 heavy (non-hydrogen) atoms. The summed E-state index contributed by atoms with van der Waals surface area (Å²) in [5, 5.41) is 12.5. The number of carbonyl (C=O) groups is 1. The molecule has 2 N–H and O–H groups in total. The van der Waals surface area contributed by atoms with Gasteiger partial charge < -0.3 is 15.2 Å². The third kappa shape index (κ3) is 5.14. The summed E-state index contributed by atoms with van der Waals surface area (Å²) in [7, 11) is 0. The average Bonchev–Trinajstić information content (AvgIpc) is 2.91. The first kappa shape index (κ1) is 16.0. The number of hydrogen-bond donors (Lipinski definition) is 2. The molecule has 1 aliphatic heterocycles. The summed E-state index contributed by atoms with van der Waals surface area (Å²) in [6.45, 7) is 5.72. The molecule has 4 heteroatoms. The van der Waals surface area contributed by atoms with E-state index in [0.717, 1.165) is 32.4 Å². The number of hydrogen-bond acceptors (Lipinski definition) is 3. The maximum atomic E-state index is 11.1. The summed E-state index contributed by atoms with van der Waals surface area (Å²) in [5.74, 6) is -0.760. The van der Waals surface area contributed by atoms with Gasteiger partial charge in [0, 0.05) is 19.2 Å². The minimum absolute atomic E-state index is 0.0480. The standard InChI is InChI=1S/C17H25NO3/c1-12-5-6-14(13(2)8-12)9-15(10-17(19)20)18-11-16-4-3-7-21-16/h5-6,8,15-16,18H,3-4,7,9-11H2,1-2H3,(H,19,20). The zero-order valence-electron chi connectivity index (χ0n) is 12.9. The lowest BCUT2D eigenvalue weighted by Gasteiger charge is -2.20. The van der Waals surface area contributed by atoms with E-state index in [4.69, 9.17) is 9.84 Å². The third-order valence-electron chi connectivity index (χ3n) is 4.04. The summed E-state index contributed by atoms with van der Waals surface area (Å²) in [6.07, 6.45) is 3.29. The van der Waals surface area contributed by atoms with Crippen molar-refractivity contribution in [1.82, 2.24) is 5.32 Å². The topological polar surface area (TPSA) is 58.6 Å². The van der Waals surface area contributed by atoms with Crippen LogP contribution in [0.4, 0.5) is 0 Å². The van der Waals surface area contributed by atoms with E-state index in [-0.39, 0.29) is 18.6 Å². The van der Waals surface area contributed by atoms with E-state index < -0.39 is 5.97 Å². The van der Waals surface area contributed by atoms with Crippen molar-refractivity contribution >= 4 is 5.97 Å². The molecule has 4 nitrogen and oxygen atoms in total. The SMILES string of the molecule is Cc1ccc(CC(CC(=O)O)NCC2CCCO2)c(C)c1. The fraction of sp³-hybridized carbons (Fsp3) is 0.588. The van der Waals surface area contributed by atoms with Crippen LogP contribution in [0.3, 0.4) is 0 Å². The van der Waals surface area contributed by atoms with Crippen LogP contribution in [0.2, 0.25) is 0 Å². The van der Waals surface area contributed by atoms with E-state index in [1.54, 1.807) is 0 Å². The molecule has 1 heterocycles. The normalized spacial score (nSPS) is 19.6. The van der Waals surface area contributed by atoms with Crippen LogP contribution in [0.5, 0.6) is 0 Å². The maximum absolute atomic E-state index is 11.1. The molecule has 116 valence electrons. The highest BCUT2D eigenvalue weighted by Gasteiger charge is 2.19. The number of nitrogens with one attached hydrogen (secondary N) is 1. The maximum Gasteiger partial charge on any atom is 0.304 e. The van der Waals surface area contributed by atoms with Gasteiger partial charge in [0.1, 0.15) is 0 Å². The molecule has 0 saturated carbocycles. The Hall–Kier alpha value is -1.39. The second kappa shape index (κ2) is 7.57. The van der Waals surface area contributed by atoms with Crippen LogP contribution in [-0.4, -0.2) is 36.4 Å². The van der Waals surface area contributed by atoms with Gasteiger partial charge in [0.05, 0.1) is 12.5 Å². The minimum Gasteiger partial charge on any atom is -0.481 e. The summed E-state index contributed by atoms with van der Waals surface area (Å²) in [5.41, 5.74) is 3.68. The first-order chi connectivity index (χ1) is 10.0. The van der Waals surface area contributed by atoms with Crippen LogP contribution < -0.4 is 5.32 Å². The van der Waals surface area contributed by atoms with Crippen molar-refractivity contribution < 1.29 is 14.6 Å². The van der Waals surface area contributed by atoms with Gasteiger partial charge in [0.25, 0.3) is 0 Å². The van der Waals surface area contributed by atoms with Crippen molar-refractivity contribution in [3.05, 3.63) is 34.9 Å². The van der Waals surface area contributed by atoms with Gasteiger partial charge in [-0.05, 0) is 44.2 Å². The smallest absolute Gasteiger partial charge is 0.304 e. The minimum atomic E-state index is -0.760. The zero-order chi connectivity index (χ0) is 15.2. The average molecular weight is 291 g/mol. The Kier molecular flexibility index (Phi) is 5.76. The molecule has 1 aromatic carbocycles. The molecule has 0 aliphatic carbocycles. The van der Waals surface area contributed by atoms with Gasteiger partial charge in [-0.15, -0.1) is 0 Å². The van der Waals surface area contributed by atoms with Crippen molar-refractivity contribution in [2.75, 3.05) is 13.2 Å². The first-order valence-corrected chi connectivity index (χ1v) is 7.67. The predicted octanol–water partition coefficient (Wildman–Crippen LogP) is 2.46. The molecule has 2 atom stereocenters. The number of benzene rings is 1. The Morgan fingerprint density at radius 2 is 2.29 bits per heavy atom. The van der Waals surface area contributed by atoms with Crippen molar-refractivity contribution in [3.63, 3.8) is 0 Å². The fourth-order valence-electron chi connectivity index (χ4n) is 2.87. The summed E-state index contributed by atoms with van der Waals surface area (Å²) in [4.78, 5) is 11.1. The number of carboxylic acid groups (broad SMARTS) is 1. The van der Waals surface area contributed by atoms with Crippen LogP contribution in [0, 0.1) is 13.8 Å². The molecule has 2 rings (SSSR count). The monoisotopic (exact) mass is 291 g/mol. The van der Waals surface area contributed by atoms with Gasteiger partial charge in [-0.2, -0.15) is 0 Å². The Morgan fingerprint density at radius 3 is 2.90 bits per heavy atom. The predicted molar refractivity (Wildman–Crippen MR) is 82.6 cm³/mol. The number of carboxylic acids is 1. The van der Waals surface area contributed by atoms with Crippen LogP contribution in [0.15, 0.2) is 18.2 Å². The lowest BCUT2D eigenvalue weighted by atomic mass is 9.97. The van der Waals surface area contributed by atoms with E-state index in [1.165, 1.54) is 16.7 Å². The first-order valence-electron chi connectivity index (χ1n) is 7.67. The Balaban J connectivity index is 1.95. The largest absolute Gasteiger partial charge is 0.481 e. The molecule has 1 aliphatic rings. The Morgan fingerprint density at radius 1 is 1.48 bits per heavy atom. The number of rotatable bonds is 7. The van der Waals surface area contributed by atoms with E-state index in [0.29, 0.717) is 0 Å². The molecule has 2 unspecified atom stereocenters. The van der Waals surface area contributed by atoms with Crippen LogP contribution in [-0.2, 0) is 16.0 Å². The molecule has 0 bridgehead atoms. The van der Waals surface area contributed by atoms with E-state index in [2.05, 4.69) is 37.4 Å². The number of aliphatic carboxylic acids is 1. The summed E-state index contributed by atoms with van der Waals surface area (Å²) in [6, 6.07) is 6.29. The van der Waals surface area contributed by atoms with Crippen molar-refractivity contribution in [3.8, 4) is 0 Å². The van der Waals surface area contributed by atoms with Gasteiger partial charge in [0.15, 0.2) is 0 Å². The van der Waals surface area contributed by atoms with Crippen molar-refractivity contribution in [2.24, 2.45) is 0 Å². The van der Waals surface area contributed by atoms with Gasteiger partial charge in [0.2, 0.25) is 0 Å². The van der Waals surface area contributed by atoms with Crippen LogP contribution in [0.1, 0.15) is 36.0 Å². The van der Waals surface area contributed by atoms with E-state index >= 15 is 0 Å². The molecule has 1 fully saturated rings. The summed E-state index contributed by atoms with van der Waals surface area (Å²) < 4.78 is 5.59. The highest BCUT2D eigenvalue weighted by Crippen LogP contribution is 2.15. The van der Waals surface area contributed by atoms with Crippen molar-refractivity contribution in [2.45, 2.75) is 51.7 Å². The lowest BCUT2D eigenvalue weighted by Crippen LogP contribution is -2.38. The van der Waals surface area contributed by atoms with Gasteiger partial charge in [-0.25, -0.2) is 0 Å². The summed E-state index contributed by atoms with van der Waals surface area (Å²) >= 11 is 0. The Labute approximate surface area is 126 Å². The fourth-order valence-corrected chi connectivity index (χ4v) is 2.87. The van der Waals surface area contributed by atoms with E-state index in [1.807, 2.05) is 0 Å². The molecular formula is C17H25NO3. The van der Waals surface area contributed by atoms with Gasteiger partial charge in [-0.1, -0.05) is 23.8 Å². The zero-order valence-corrected chi connectivity index (χ0v) is 12.9.